The fourth-order valence-electron chi connectivity index (χ4n) is 3.64. The molecule has 0 spiro atoms. The highest BCUT2D eigenvalue weighted by Gasteiger charge is 2.20. The molecule has 1 aliphatic rings. The summed E-state index contributed by atoms with van der Waals surface area (Å²) in [6.45, 7) is 3.59. The van der Waals surface area contributed by atoms with Crippen LogP contribution >= 0.6 is 0 Å². The maximum Gasteiger partial charge on any atom is 0.238 e. The van der Waals surface area contributed by atoms with Gasteiger partial charge in [0.2, 0.25) is 5.91 Å². The third-order valence-electron chi connectivity index (χ3n) is 5.16. The van der Waals surface area contributed by atoms with Crippen molar-refractivity contribution in [3.63, 3.8) is 0 Å². The predicted molar refractivity (Wildman–Crippen MR) is 108 cm³/mol. The summed E-state index contributed by atoms with van der Waals surface area (Å²) in [5.41, 5.74) is 3.06. The lowest BCUT2D eigenvalue weighted by atomic mass is 9.93. The number of rotatable bonds is 7. The molecule has 0 aliphatic carbocycles. The van der Waals surface area contributed by atoms with E-state index in [2.05, 4.69) is 33.7 Å². The quantitative estimate of drug-likeness (QED) is 0.801. The Hall–Kier alpha value is -2.17. The zero-order valence-corrected chi connectivity index (χ0v) is 15.6. The van der Waals surface area contributed by atoms with Gasteiger partial charge >= 0.3 is 0 Å². The van der Waals surface area contributed by atoms with E-state index in [9.17, 15) is 4.79 Å². The van der Waals surface area contributed by atoms with Gasteiger partial charge in [-0.2, -0.15) is 0 Å². The molecule has 26 heavy (non-hydrogen) atoms. The molecule has 4 nitrogen and oxygen atoms in total. The Morgan fingerprint density at radius 2 is 1.73 bits per heavy atom. The predicted octanol–water partition coefficient (Wildman–Crippen LogP) is 3.61. The smallest absolute Gasteiger partial charge is 0.238 e. The summed E-state index contributed by atoms with van der Waals surface area (Å²) in [6, 6.07) is 18.2. The second-order valence-corrected chi connectivity index (χ2v) is 7.07. The molecule has 3 rings (SSSR count). The number of likely N-dealkylation sites (tertiary alicyclic amines) is 1. The molecule has 1 aliphatic heterocycles. The van der Waals surface area contributed by atoms with Crippen molar-refractivity contribution in [2.75, 3.05) is 38.5 Å². The Morgan fingerprint density at radius 3 is 2.46 bits per heavy atom. The van der Waals surface area contributed by atoms with Crippen LogP contribution in [0.1, 0.15) is 19.3 Å². The maximum absolute atomic E-state index is 12.6. The van der Waals surface area contributed by atoms with Crippen molar-refractivity contribution in [2.45, 2.75) is 19.3 Å². The molecular formula is C22H29N3O. The first-order chi connectivity index (χ1) is 12.8. The summed E-state index contributed by atoms with van der Waals surface area (Å²) in [7, 11) is 2.01. The van der Waals surface area contributed by atoms with Crippen LogP contribution in [0, 0.1) is 5.92 Å². The molecule has 0 aromatic heterocycles. The van der Waals surface area contributed by atoms with Gasteiger partial charge < -0.3 is 10.6 Å². The third-order valence-corrected chi connectivity index (χ3v) is 5.16. The molecule has 2 N–H and O–H groups in total. The largest absolute Gasteiger partial charge is 0.324 e. The summed E-state index contributed by atoms with van der Waals surface area (Å²) < 4.78 is 0. The Bertz CT molecular complexity index is 694. The van der Waals surface area contributed by atoms with E-state index in [0.717, 1.165) is 42.4 Å². The Labute approximate surface area is 156 Å². The Balaban J connectivity index is 1.55. The molecule has 0 saturated carbocycles. The number of para-hydroxylation sites is 1. The van der Waals surface area contributed by atoms with Crippen LogP contribution in [0.15, 0.2) is 54.6 Å². The van der Waals surface area contributed by atoms with Crippen LogP contribution < -0.4 is 10.6 Å². The van der Waals surface area contributed by atoms with Crippen molar-refractivity contribution in [2.24, 2.45) is 5.92 Å². The summed E-state index contributed by atoms with van der Waals surface area (Å²) in [5.74, 6) is 0.864. The van der Waals surface area contributed by atoms with Crippen LogP contribution in [-0.2, 0) is 4.79 Å². The van der Waals surface area contributed by atoms with Crippen LogP contribution in [0.25, 0.3) is 11.1 Å². The van der Waals surface area contributed by atoms with Crippen LogP contribution in [-0.4, -0.2) is 44.0 Å². The summed E-state index contributed by atoms with van der Waals surface area (Å²) in [5, 5.41) is 6.34. The van der Waals surface area contributed by atoms with Crippen LogP contribution in [0.3, 0.4) is 0 Å². The highest BCUT2D eigenvalue weighted by molar-refractivity contribution is 5.96. The van der Waals surface area contributed by atoms with Crippen molar-refractivity contribution < 1.29 is 4.79 Å². The van der Waals surface area contributed by atoms with Crippen molar-refractivity contribution in [3.05, 3.63) is 54.6 Å². The van der Waals surface area contributed by atoms with Gasteiger partial charge in [0, 0.05) is 11.3 Å². The van der Waals surface area contributed by atoms with Gasteiger partial charge in [-0.1, -0.05) is 48.5 Å². The molecule has 0 unspecified atom stereocenters. The minimum absolute atomic E-state index is 0.0713. The number of amides is 1. The van der Waals surface area contributed by atoms with E-state index in [4.69, 9.17) is 0 Å². The number of hydrogen-bond acceptors (Lipinski definition) is 3. The van der Waals surface area contributed by atoms with E-state index >= 15 is 0 Å². The molecule has 1 amide bonds. The second-order valence-electron chi connectivity index (χ2n) is 7.07. The van der Waals surface area contributed by atoms with Gasteiger partial charge in [0.25, 0.3) is 0 Å². The van der Waals surface area contributed by atoms with E-state index < -0.39 is 0 Å². The maximum atomic E-state index is 12.6. The number of nitrogens with one attached hydrogen (secondary N) is 2. The number of anilines is 1. The van der Waals surface area contributed by atoms with Gasteiger partial charge in [0.05, 0.1) is 6.54 Å². The van der Waals surface area contributed by atoms with Crippen molar-refractivity contribution in [1.29, 1.82) is 0 Å². The summed E-state index contributed by atoms with van der Waals surface area (Å²) in [4.78, 5) is 14.8. The summed E-state index contributed by atoms with van der Waals surface area (Å²) >= 11 is 0. The lowest BCUT2D eigenvalue weighted by molar-refractivity contribution is -0.117. The van der Waals surface area contributed by atoms with Gasteiger partial charge in [-0.3, -0.25) is 9.69 Å². The van der Waals surface area contributed by atoms with Crippen molar-refractivity contribution in [1.82, 2.24) is 10.2 Å². The average Bonchev–Trinajstić information content (AvgIpc) is 2.68. The number of carbonyl (C=O) groups is 1. The Kier molecular flexibility index (Phi) is 6.81. The average molecular weight is 351 g/mol. The molecular weight excluding hydrogens is 322 g/mol. The zero-order valence-electron chi connectivity index (χ0n) is 15.6. The van der Waals surface area contributed by atoms with Crippen LogP contribution in [0.4, 0.5) is 5.69 Å². The first kappa shape index (κ1) is 18.6. The molecule has 0 bridgehead atoms. The number of carbonyl (C=O) groups excluding carboxylic acids is 1. The molecule has 2 aromatic carbocycles. The van der Waals surface area contributed by atoms with Crippen LogP contribution in [0.5, 0.6) is 0 Å². The standard InChI is InChI=1S/C22H29N3O/c1-23-14-11-18-12-15-25(16-13-18)17-22(26)24-21-10-6-5-9-20(21)19-7-3-2-4-8-19/h2-10,18,23H,11-17H2,1H3,(H,24,26). The number of hydrogen-bond donors (Lipinski definition) is 2. The minimum Gasteiger partial charge on any atom is -0.324 e. The molecule has 138 valence electrons. The topological polar surface area (TPSA) is 44.4 Å². The zero-order chi connectivity index (χ0) is 18.2. The highest BCUT2D eigenvalue weighted by Crippen LogP contribution is 2.27. The molecule has 2 aromatic rings. The van der Waals surface area contributed by atoms with E-state index in [-0.39, 0.29) is 5.91 Å². The van der Waals surface area contributed by atoms with Crippen molar-refractivity contribution >= 4 is 11.6 Å². The first-order valence-electron chi connectivity index (χ1n) is 9.57. The van der Waals surface area contributed by atoms with Gasteiger partial charge in [0.15, 0.2) is 0 Å². The first-order valence-corrected chi connectivity index (χ1v) is 9.57. The highest BCUT2D eigenvalue weighted by atomic mass is 16.2. The van der Waals surface area contributed by atoms with Gasteiger partial charge in [-0.15, -0.1) is 0 Å². The number of benzene rings is 2. The van der Waals surface area contributed by atoms with Gasteiger partial charge in [-0.25, -0.2) is 0 Å². The lowest BCUT2D eigenvalue weighted by Crippen LogP contribution is -2.39. The third kappa shape index (κ3) is 5.16. The SMILES string of the molecule is CNCCC1CCN(CC(=O)Nc2ccccc2-c2ccccc2)CC1. The molecule has 1 saturated heterocycles. The lowest BCUT2D eigenvalue weighted by Gasteiger charge is -2.31. The fourth-order valence-corrected chi connectivity index (χ4v) is 3.64. The normalized spacial score (nSPS) is 15.7. The molecule has 0 atom stereocenters. The molecule has 1 fully saturated rings. The number of nitrogens with zero attached hydrogens (tertiary/aromatic N) is 1. The molecule has 4 heteroatoms. The Morgan fingerprint density at radius 1 is 1.04 bits per heavy atom. The minimum atomic E-state index is 0.0713. The van der Waals surface area contributed by atoms with Gasteiger partial charge in [-0.05, 0) is 63.5 Å². The summed E-state index contributed by atoms with van der Waals surface area (Å²) in [6.07, 6.45) is 3.62. The van der Waals surface area contributed by atoms with Gasteiger partial charge in [0.1, 0.15) is 0 Å². The van der Waals surface area contributed by atoms with E-state index in [1.807, 2.05) is 43.4 Å². The fraction of sp³-hybridized carbons (Fsp3) is 0.409. The van der Waals surface area contributed by atoms with Crippen LogP contribution in [0.2, 0.25) is 0 Å². The molecule has 0 radical (unpaired) electrons. The van der Waals surface area contributed by atoms with E-state index in [1.165, 1.54) is 19.3 Å². The van der Waals surface area contributed by atoms with E-state index in [1.54, 1.807) is 0 Å². The van der Waals surface area contributed by atoms with E-state index in [0.29, 0.717) is 6.54 Å². The number of piperidine rings is 1. The van der Waals surface area contributed by atoms with Crippen molar-refractivity contribution in [3.8, 4) is 11.1 Å². The monoisotopic (exact) mass is 351 g/mol. The second kappa shape index (κ2) is 9.51. The molecule has 1 heterocycles.